The molecule has 0 aliphatic carbocycles. The van der Waals surface area contributed by atoms with Gasteiger partial charge in [0.25, 0.3) is 5.82 Å². The number of nitrogens with one attached hydrogen (secondary N) is 2. The standard InChI is InChI=1S/C14H10N4/c1-4-15-8-13-10(1)7-14(17-13)18-6-3-12-11(9-18)2-5-16-12/h1-9H,(H,15,17)/p+1. The monoisotopic (exact) mass is 235 g/mol. The molecule has 4 rings (SSSR count). The highest BCUT2D eigenvalue weighted by molar-refractivity contribution is 5.80. The molecule has 4 nitrogen and oxygen atoms in total. The molecule has 0 fully saturated rings. The first-order valence-corrected chi connectivity index (χ1v) is 5.82. The van der Waals surface area contributed by atoms with Gasteiger partial charge in [-0.25, -0.2) is 9.55 Å². The number of hydrogen-bond acceptors (Lipinski definition) is 1. The summed E-state index contributed by atoms with van der Waals surface area (Å²) < 4.78 is 2.08. The molecule has 0 saturated carbocycles. The zero-order chi connectivity index (χ0) is 11.9. The summed E-state index contributed by atoms with van der Waals surface area (Å²) in [7, 11) is 0. The molecule has 0 spiro atoms. The number of aromatic amines is 2. The van der Waals surface area contributed by atoms with E-state index < -0.39 is 0 Å². The van der Waals surface area contributed by atoms with Crippen molar-refractivity contribution in [2.24, 2.45) is 0 Å². The quantitative estimate of drug-likeness (QED) is 0.489. The van der Waals surface area contributed by atoms with Gasteiger partial charge < -0.3 is 4.98 Å². The normalized spacial score (nSPS) is 11.3. The van der Waals surface area contributed by atoms with Gasteiger partial charge in [-0.1, -0.05) is 0 Å². The van der Waals surface area contributed by atoms with E-state index in [1.54, 1.807) is 6.20 Å². The van der Waals surface area contributed by atoms with Gasteiger partial charge in [0.15, 0.2) is 5.52 Å². The molecule has 0 radical (unpaired) electrons. The summed E-state index contributed by atoms with van der Waals surface area (Å²) in [4.78, 5) is 10.7. The third kappa shape index (κ3) is 1.32. The summed E-state index contributed by atoms with van der Waals surface area (Å²) in [6, 6.07) is 8.26. The zero-order valence-corrected chi connectivity index (χ0v) is 9.59. The van der Waals surface area contributed by atoms with Crippen LogP contribution in [0.15, 0.2) is 55.2 Å². The highest BCUT2D eigenvalue weighted by Gasteiger charge is 2.10. The fraction of sp³-hybridized carbons (Fsp3) is 0. The Hall–Kier alpha value is -2.62. The minimum Gasteiger partial charge on any atom is -0.361 e. The number of fused-ring (bicyclic) bond motifs is 2. The van der Waals surface area contributed by atoms with E-state index in [9.17, 15) is 0 Å². The molecule has 0 saturated heterocycles. The molecular formula is C14H11N4+. The van der Waals surface area contributed by atoms with E-state index in [0.717, 1.165) is 16.9 Å². The van der Waals surface area contributed by atoms with E-state index in [2.05, 4.69) is 43.9 Å². The molecular weight excluding hydrogens is 224 g/mol. The highest BCUT2D eigenvalue weighted by atomic mass is 15.0. The Bertz CT molecular complexity index is 808. The lowest BCUT2D eigenvalue weighted by Gasteiger charge is -1.94. The first-order chi connectivity index (χ1) is 8.90. The number of nitrogens with zero attached hydrogens (tertiary/aromatic N) is 2. The SMILES string of the molecule is c1cc2cc(-[n+]3ccc4[nH]ccc4c3)[nH]c2cn1. The Morgan fingerprint density at radius 2 is 2.06 bits per heavy atom. The lowest BCUT2D eigenvalue weighted by Crippen LogP contribution is -2.29. The Morgan fingerprint density at radius 1 is 1.06 bits per heavy atom. The number of rotatable bonds is 1. The molecule has 0 bridgehead atoms. The number of H-pyrrole nitrogens is 2. The average molecular weight is 235 g/mol. The molecule has 0 atom stereocenters. The smallest absolute Gasteiger partial charge is 0.284 e. The molecule has 4 aromatic rings. The molecule has 0 aliphatic heterocycles. The molecule has 2 N–H and O–H groups in total. The molecule has 0 unspecified atom stereocenters. The summed E-state index contributed by atoms with van der Waals surface area (Å²) in [5, 5.41) is 2.36. The van der Waals surface area contributed by atoms with Crippen LogP contribution in [0.1, 0.15) is 0 Å². The van der Waals surface area contributed by atoms with Crippen LogP contribution in [0.3, 0.4) is 0 Å². The second kappa shape index (κ2) is 3.43. The van der Waals surface area contributed by atoms with E-state index in [1.165, 1.54) is 10.8 Å². The van der Waals surface area contributed by atoms with Crippen molar-refractivity contribution in [3.05, 3.63) is 55.2 Å². The Labute approximate surface area is 103 Å². The second-order valence-corrected chi connectivity index (χ2v) is 4.32. The Kier molecular flexibility index (Phi) is 1.80. The predicted molar refractivity (Wildman–Crippen MR) is 69.5 cm³/mol. The molecule has 4 aromatic heterocycles. The van der Waals surface area contributed by atoms with Crippen LogP contribution < -0.4 is 4.57 Å². The molecule has 4 heterocycles. The maximum Gasteiger partial charge on any atom is 0.284 e. The Morgan fingerprint density at radius 3 is 3.00 bits per heavy atom. The molecule has 0 aromatic carbocycles. The molecule has 0 aliphatic rings. The van der Waals surface area contributed by atoms with E-state index in [0.29, 0.717) is 0 Å². The maximum absolute atomic E-state index is 4.12. The number of pyridine rings is 2. The summed E-state index contributed by atoms with van der Waals surface area (Å²) >= 11 is 0. The van der Waals surface area contributed by atoms with Gasteiger partial charge in [-0.2, -0.15) is 0 Å². The largest absolute Gasteiger partial charge is 0.361 e. The van der Waals surface area contributed by atoms with Crippen LogP contribution in [0.25, 0.3) is 27.6 Å². The van der Waals surface area contributed by atoms with Crippen LogP contribution in [0.2, 0.25) is 0 Å². The van der Waals surface area contributed by atoms with Crippen LogP contribution in [-0.2, 0) is 0 Å². The maximum atomic E-state index is 4.12. The third-order valence-corrected chi connectivity index (χ3v) is 3.18. The van der Waals surface area contributed by atoms with Crippen molar-refractivity contribution in [1.29, 1.82) is 0 Å². The predicted octanol–water partition coefficient (Wildman–Crippen LogP) is 2.32. The van der Waals surface area contributed by atoms with Gasteiger partial charge in [-0.05, 0) is 12.1 Å². The summed E-state index contributed by atoms with van der Waals surface area (Å²) in [6.07, 6.45) is 9.74. The molecule has 0 amide bonds. The first-order valence-electron chi connectivity index (χ1n) is 5.82. The van der Waals surface area contributed by atoms with Crippen molar-refractivity contribution in [1.82, 2.24) is 15.0 Å². The van der Waals surface area contributed by atoms with E-state index in [4.69, 9.17) is 0 Å². The van der Waals surface area contributed by atoms with Crippen molar-refractivity contribution >= 4 is 21.8 Å². The summed E-state index contributed by atoms with van der Waals surface area (Å²) in [6.45, 7) is 0. The van der Waals surface area contributed by atoms with Crippen molar-refractivity contribution in [2.75, 3.05) is 0 Å². The van der Waals surface area contributed by atoms with Crippen LogP contribution in [0.4, 0.5) is 0 Å². The first kappa shape index (κ1) is 9.41. The lowest BCUT2D eigenvalue weighted by molar-refractivity contribution is -0.597. The zero-order valence-electron chi connectivity index (χ0n) is 9.59. The van der Waals surface area contributed by atoms with Gasteiger partial charge in [0.05, 0.1) is 17.9 Å². The van der Waals surface area contributed by atoms with Crippen molar-refractivity contribution in [3.63, 3.8) is 0 Å². The minimum absolute atomic E-state index is 1.04. The van der Waals surface area contributed by atoms with Gasteiger partial charge in [0.1, 0.15) is 6.20 Å². The van der Waals surface area contributed by atoms with Crippen molar-refractivity contribution in [2.45, 2.75) is 0 Å². The van der Waals surface area contributed by atoms with Gasteiger partial charge in [0, 0.05) is 35.3 Å². The second-order valence-electron chi connectivity index (χ2n) is 4.32. The van der Waals surface area contributed by atoms with Crippen LogP contribution >= 0.6 is 0 Å². The van der Waals surface area contributed by atoms with Gasteiger partial charge >= 0.3 is 0 Å². The van der Waals surface area contributed by atoms with Crippen molar-refractivity contribution < 1.29 is 4.57 Å². The topological polar surface area (TPSA) is 48.3 Å². The fourth-order valence-electron chi connectivity index (χ4n) is 2.24. The van der Waals surface area contributed by atoms with Crippen LogP contribution in [-0.4, -0.2) is 15.0 Å². The number of aromatic nitrogens is 4. The average Bonchev–Trinajstić information content (AvgIpc) is 3.04. The third-order valence-electron chi connectivity index (χ3n) is 3.18. The molecule has 4 heteroatoms. The summed E-state index contributed by atoms with van der Waals surface area (Å²) in [5.74, 6) is 1.04. The lowest BCUT2D eigenvalue weighted by atomic mass is 10.3. The Balaban J connectivity index is 1.94. The molecule has 18 heavy (non-hydrogen) atoms. The number of hydrogen-bond donors (Lipinski definition) is 2. The summed E-state index contributed by atoms with van der Waals surface area (Å²) in [5.41, 5.74) is 2.19. The van der Waals surface area contributed by atoms with Crippen LogP contribution in [0.5, 0.6) is 0 Å². The minimum atomic E-state index is 1.04. The van der Waals surface area contributed by atoms with Gasteiger partial charge in [-0.15, -0.1) is 0 Å². The van der Waals surface area contributed by atoms with Crippen LogP contribution in [0, 0.1) is 0 Å². The van der Waals surface area contributed by atoms with Crippen molar-refractivity contribution in [3.8, 4) is 5.82 Å². The van der Waals surface area contributed by atoms with Gasteiger partial charge in [0.2, 0.25) is 0 Å². The van der Waals surface area contributed by atoms with E-state index >= 15 is 0 Å². The van der Waals surface area contributed by atoms with E-state index in [-0.39, 0.29) is 0 Å². The van der Waals surface area contributed by atoms with Gasteiger partial charge in [-0.3, -0.25) is 4.98 Å². The molecule has 86 valence electrons. The fourth-order valence-corrected chi connectivity index (χ4v) is 2.24. The highest BCUT2D eigenvalue weighted by Crippen LogP contribution is 2.14. The van der Waals surface area contributed by atoms with E-state index in [1.807, 2.05) is 24.7 Å².